The quantitative estimate of drug-likeness (QED) is 0.218. The summed E-state index contributed by atoms with van der Waals surface area (Å²) in [6.45, 7) is 0. The Kier molecular flexibility index (Phi) is 7.28. The van der Waals surface area contributed by atoms with Crippen LogP contribution in [-0.4, -0.2) is 26.7 Å². The van der Waals surface area contributed by atoms with Gasteiger partial charge in [-0.3, -0.25) is 14.7 Å². The zero-order chi connectivity index (χ0) is 25.5. The van der Waals surface area contributed by atoms with Gasteiger partial charge < -0.3 is 10.6 Å². The fourth-order valence-corrected chi connectivity index (χ4v) is 4.43. The Labute approximate surface area is 208 Å². The molecule has 36 heavy (non-hydrogen) atoms. The van der Waals surface area contributed by atoms with Crippen molar-refractivity contribution in [3.8, 4) is 12.3 Å². The molecule has 1 aromatic heterocycles. The Bertz CT molecular complexity index is 1590. The second-order valence-electron chi connectivity index (χ2n) is 7.61. The van der Waals surface area contributed by atoms with Gasteiger partial charge in [0.25, 0.3) is 10.0 Å². The molecule has 0 radical (unpaired) electrons. The molecule has 0 saturated carbocycles. The van der Waals surface area contributed by atoms with E-state index < -0.39 is 10.0 Å². The summed E-state index contributed by atoms with van der Waals surface area (Å²) in [6, 6.07) is 19.0. The zero-order valence-electron chi connectivity index (χ0n) is 19.2. The predicted molar refractivity (Wildman–Crippen MR) is 144 cm³/mol. The third-order valence-corrected chi connectivity index (χ3v) is 6.51. The molecule has 0 spiro atoms. The molecule has 3 aromatic carbocycles. The number of sulfonamides is 1. The van der Waals surface area contributed by atoms with Gasteiger partial charge in [-0.25, -0.2) is 12.8 Å². The molecule has 7 nitrogen and oxygen atoms in total. The molecule has 4 rings (SSSR count). The Morgan fingerprint density at radius 3 is 2.39 bits per heavy atom. The number of allylic oxidation sites excluding steroid dienone is 2. The van der Waals surface area contributed by atoms with E-state index in [1.807, 2.05) is 0 Å². The molecule has 180 valence electrons. The Hall–Kier alpha value is -4.68. The number of nitrogens with zero attached hydrogens (tertiary/aromatic N) is 2. The van der Waals surface area contributed by atoms with Crippen molar-refractivity contribution < 1.29 is 12.8 Å². The summed E-state index contributed by atoms with van der Waals surface area (Å²) in [7, 11) is -2.18. The summed E-state index contributed by atoms with van der Waals surface area (Å²) in [6.07, 6.45) is 10.3. The van der Waals surface area contributed by atoms with E-state index in [9.17, 15) is 12.8 Å². The molecule has 0 atom stereocenters. The Balaban J connectivity index is 1.46. The van der Waals surface area contributed by atoms with Crippen molar-refractivity contribution >= 4 is 49.9 Å². The minimum absolute atomic E-state index is 0.0947. The van der Waals surface area contributed by atoms with Gasteiger partial charge in [0.1, 0.15) is 5.82 Å². The average molecular weight is 500 g/mol. The van der Waals surface area contributed by atoms with Crippen molar-refractivity contribution in [2.75, 3.05) is 22.4 Å². The third-order valence-electron chi connectivity index (χ3n) is 5.11. The second-order valence-corrected chi connectivity index (χ2v) is 9.29. The van der Waals surface area contributed by atoms with Crippen molar-refractivity contribution in [3.05, 3.63) is 96.6 Å². The van der Waals surface area contributed by atoms with Crippen LogP contribution in [0.15, 0.2) is 101 Å². The van der Waals surface area contributed by atoms with Gasteiger partial charge in [-0.2, -0.15) is 0 Å². The van der Waals surface area contributed by atoms with Gasteiger partial charge in [-0.15, -0.1) is 6.42 Å². The third kappa shape index (κ3) is 5.87. The number of terminal acetylenes is 1. The van der Waals surface area contributed by atoms with E-state index in [1.54, 1.807) is 74.1 Å². The first-order chi connectivity index (χ1) is 17.4. The van der Waals surface area contributed by atoms with Crippen LogP contribution in [-0.2, 0) is 10.0 Å². The summed E-state index contributed by atoms with van der Waals surface area (Å²) < 4.78 is 42.0. The number of hydrogen-bond acceptors (Lipinski definition) is 6. The average Bonchev–Trinajstić information content (AvgIpc) is 2.88. The van der Waals surface area contributed by atoms with Crippen molar-refractivity contribution in [2.45, 2.75) is 4.90 Å². The number of benzene rings is 3. The number of pyridine rings is 1. The highest BCUT2D eigenvalue weighted by Crippen LogP contribution is 2.27. The standard InChI is InChI=1S/C27H22FN5O2S/c1-3-20(14-16-29-2)31-21-5-7-23(8-6-21)33-36(34,35)24-11-9-22(10-12-24)32-27-15-17-30-26-13-4-19(28)18-25(26)27/h1,4-18,31,33H,2H3,(H,30,32)/b20-14+,29-16?. The molecular weight excluding hydrogens is 477 g/mol. The van der Waals surface area contributed by atoms with Gasteiger partial charge in [0, 0.05) is 47.6 Å². The first-order valence-corrected chi connectivity index (χ1v) is 12.3. The van der Waals surface area contributed by atoms with Crippen LogP contribution in [0.5, 0.6) is 0 Å². The van der Waals surface area contributed by atoms with Crippen molar-refractivity contribution in [2.24, 2.45) is 4.99 Å². The smallest absolute Gasteiger partial charge is 0.261 e. The van der Waals surface area contributed by atoms with Gasteiger partial charge in [0.2, 0.25) is 0 Å². The summed E-state index contributed by atoms with van der Waals surface area (Å²) in [5.74, 6) is 2.15. The number of aliphatic imine (C=N–C) groups is 1. The highest BCUT2D eigenvalue weighted by atomic mass is 32.2. The van der Waals surface area contributed by atoms with Crippen LogP contribution >= 0.6 is 0 Å². The van der Waals surface area contributed by atoms with Crippen LogP contribution in [0.1, 0.15) is 0 Å². The van der Waals surface area contributed by atoms with Crippen LogP contribution in [0.3, 0.4) is 0 Å². The largest absolute Gasteiger partial charge is 0.355 e. The van der Waals surface area contributed by atoms with Crippen molar-refractivity contribution in [3.63, 3.8) is 0 Å². The lowest BCUT2D eigenvalue weighted by atomic mass is 10.1. The van der Waals surface area contributed by atoms with Crippen LogP contribution in [0.2, 0.25) is 0 Å². The van der Waals surface area contributed by atoms with Gasteiger partial charge >= 0.3 is 0 Å². The van der Waals surface area contributed by atoms with Crippen LogP contribution < -0.4 is 15.4 Å². The zero-order valence-corrected chi connectivity index (χ0v) is 20.1. The lowest BCUT2D eigenvalue weighted by molar-refractivity contribution is 0.601. The number of halogens is 1. The fourth-order valence-electron chi connectivity index (χ4n) is 3.37. The van der Waals surface area contributed by atoms with Crippen LogP contribution in [0, 0.1) is 18.2 Å². The molecule has 0 bridgehead atoms. The molecule has 0 aliphatic heterocycles. The van der Waals surface area contributed by atoms with E-state index in [0.717, 1.165) is 0 Å². The SMILES string of the molecule is C#C/C(=C\C=NC)Nc1ccc(NS(=O)(=O)c2ccc(Nc3ccnc4ccc(F)cc34)cc2)cc1. The number of rotatable bonds is 8. The van der Waals surface area contributed by atoms with Gasteiger partial charge in [0.05, 0.1) is 16.1 Å². The maximum atomic E-state index is 13.7. The topological polar surface area (TPSA) is 95.5 Å². The predicted octanol–water partition coefficient (Wildman–Crippen LogP) is 5.55. The van der Waals surface area contributed by atoms with E-state index in [4.69, 9.17) is 6.42 Å². The molecule has 0 aliphatic rings. The fraction of sp³-hybridized carbons (Fsp3) is 0.0370. The lowest BCUT2D eigenvalue weighted by Crippen LogP contribution is -2.13. The van der Waals surface area contributed by atoms with Crippen LogP contribution in [0.25, 0.3) is 10.9 Å². The summed E-state index contributed by atoms with van der Waals surface area (Å²) >= 11 is 0. The molecule has 9 heteroatoms. The molecule has 3 N–H and O–H groups in total. The normalized spacial score (nSPS) is 11.9. The first-order valence-electron chi connectivity index (χ1n) is 10.8. The minimum Gasteiger partial charge on any atom is -0.355 e. The van der Waals surface area contributed by atoms with Crippen LogP contribution in [0.4, 0.5) is 27.1 Å². The monoisotopic (exact) mass is 499 g/mol. The van der Waals surface area contributed by atoms with Crippen molar-refractivity contribution in [1.82, 2.24) is 4.98 Å². The van der Waals surface area contributed by atoms with E-state index in [1.165, 1.54) is 24.3 Å². The van der Waals surface area contributed by atoms with E-state index >= 15 is 0 Å². The molecule has 4 aromatic rings. The number of aromatic nitrogens is 1. The number of anilines is 4. The van der Waals surface area contributed by atoms with Gasteiger partial charge in [0.15, 0.2) is 0 Å². The summed E-state index contributed by atoms with van der Waals surface area (Å²) in [5, 5.41) is 6.86. The molecule has 0 aliphatic carbocycles. The van der Waals surface area contributed by atoms with Gasteiger partial charge in [-0.05, 0) is 78.9 Å². The molecule has 0 unspecified atom stereocenters. The van der Waals surface area contributed by atoms with Gasteiger partial charge in [-0.1, -0.05) is 5.92 Å². The highest BCUT2D eigenvalue weighted by molar-refractivity contribution is 7.92. The molecular formula is C27H22FN5O2S. The number of hydrogen-bond donors (Lipinski definition) is 3. The summed E-state index contributed by atoms with van der Waals surface area (Å²) in [4.78, 5) is 8.18. The maximum absolute atomic E-state index is 13.7. The molecule has 0 saturated heterocycles. The second kappa shape index (κ2) is 10.7. The first kappa shape index (κ1) is 24.4. The molecule has 0 fully saturated rings. The molecule has 0 amide bonds. The Morgan fingerprint density at radius 2 is 1.69 bits per heavy atom. The highest BCUT2D eigenvalue weighted by Gasteiger charge is 2.14. The van der Waals surface area contributed by atoms with E-state index in [2.05, 4.69) is 31.3 Å². The molecule has 1 heterocycles. The minimum atomic E-state index is -3.81. The van der Waals surface area contributed by atoms with E-state index in [-0.39, 0.29) is 10.7 Å². The van der Waals surface area contributed by atoms with Crippen molar-refractivity contribution in [1.29, 1.82) is 0 Å². The lowest BCUT2D eigenvalue weighted by Gasteiger charge is -2.12. The number of nitrogens with one attached hydrogen (secondary N) is 3. The number of fused-ring (bicyclic) bond motifs is 1. The summed E-state index contributed by atoms with van der Waals surface area (Å²) in [5.41, 5.74) is 3.57. The maximum Gasteiger partial charge on any atom is 0.261 e. The van der Waals surface area contributed by atoms with E-state index in [0.29, 0.717) is 39.3 Å². The Morgan fingerprint density at radius 1 is 1.00 bits per heavy atom.